The van der Waals surface area contributed by atoms with Crippen molar-refractivity contribution < 1.29 is 13.2 Å². The topological polar surface area (TPSA) is 46.6 Å². The maximum Gasteiger partial charge on any atom is 0.264 e. The zero-order chi connectivity index (χ0) is 20.1. The Balaban J connectivity index is 1.74. The molecule has 4 nitrogen and oxygen atoms in total. The van der Waals surface area contributed by atoms with Crippen molar-refractivity contribution in [1.29, 1.82) is 0 Å². The van der Waals surface area contributed by atoms with E-state index in [1.807, 2.05) is 31.2 Å². The molecule has 0 saturated carbocycles. The van der Waals surface area contributed by atoms with E-state index in [0.29, 0.717) is 11.4 Å². The quantitative estimate of drug-likeness (QED) is 0.662. The first-order valence-corrected chi connectivity index (χ1v) is 11.3. The van der Waals surface area contributed by atoms with Gasteiger partial charge in [-0.15, -0.1) is 0 Å². The Kier molecular flexibility index (Phi) is 6.45. The SMILES string of the molecule is COc1ccc(CC[C@@H](C)C2=CCCCN2S(=O)(=O)c2ccc(C)cc2)cc1. The number of benzene rings is 2. The van der Waals surface area contributed by atoms with Gasteiger partial charge in [-0.2, -0.15) is 0 Å². The minimum absolute atomic E-state index is 0.169. The van der Waals surface area contributed by atoms with Crippen molar-refractivity contribution in [1.82, 2.24) is 4.31 Å². The van der Waals surface area contributed by atoms with Crippen LogP contribution in [0.4, 0.5) is 0 Å². The zero-order valence-corrected chi connectivity index (χ0v) is 17.7. The normalized spacial score (nSPS) is 15.8. The summed E-state index contributed by atoms with van der Waals surface area (Å²) in [6.07, 6.45) is 5.70. The third-order valence-electron chi connectivity index (χ3n) is 5.35. The van der Waals surface area contributed by atoms with Crippen LogP contribution in [0.5, 0.6) is 5.75 Å². The molecule has 0 aliphatic carbocycles. The molecule has 1 atom stereocenters. The second kappa shape index (κ2) is 8.82. The number of allylic oxidation sites excluding steroid dienone is 2. The number of nitrogens with zero attached hydrogens (tertiary/aromatic N) is 1. The van der Waals surface area contributed by atoms with E-state index in [2.05, 4.69) is 25.1 Å². The molecule has 150 valence electrons. The number of sulfonamides is 1. The van der Waals surface area contributed by atoms with Gasteiger partial charge in [0.15, 0.2) is 0 Å². The molecule has 2 aromatic rings. The molecule has 0 amide bonds. The summed E-state index contributed by atoms with van der Waals surface area (Å²) in [4.78, 5) is 0.369. The van der Waals surface area contributed by atoms with Crippen LogP contribution in [0, 0.1) is 12.8 Å². The van der Waals surface area contributed by atoms with Gasteiger partial charge >= 0.3 is 0 Å². The molecule has 5 heteroatoms. The lowest BCUT2D eigenvalue weighted by Crippen LogP contribution is -2.36. The van der Waals surface area contributed by atoms with Crippen LogP contribution >= 0.6 is 0 Å². The molecule has 1 heterocycles. The highest BCUT2D eigenvalue weighted by Crippen LogP contribution is 2.31. The molecule has 0 bridgehead atoms. The number of methoxy groups -OCH3 is 1. The van der Waals surface area contributed by atoms with Gasteiger partial charge in [0.05, 0.1) is 12.0 Å². The average molecular weight is 400 g/mol. The van der Waals surface area contributed by atoms with Gasteiger partial charge in [0.1, 0.15) is 5.75 Å². The largest absolute Gasteiger partial charge is 0.497 e. The molecule has 0 spiro atoms. The predicted molar refractivity (Wildman–Crippen MR) is 113 cm³/mol. The Labute approximate surface area is 168 Å². The molecular formula is C23H29NO3S. The van der Waals surface area contributed by atoms with E-state index < -0.39 is 10.0 Å². The molecule has 1 aliphatic heterocycles. The molecule has 0 radical (unpaired) electrons. The van der Waals surface area contributed by atoms with Gasteiger partial charge in [0, 0.05) is 12.2 Å². The van der Waals surface area contributed by atoms with E-state index in [4.69, 9.17) is 4.74 Å². The first-order chi connectivity index (χ1) is 13.4. The maximum atomic E-state index is 13.2. The Morgan fingerprint density at radius 3 is 2.39 bits per heavy atom. The van der Waals surface area contributed by atoms with Gasteiger partial charge in [0.2, 0.25) is 0 Å². The summed E-state index contributed by atoms with van der Waals surface area (Å²) in [7, 11) is -1.85. The Bertz CT molecular complexity index is 915. The molecule has 0 fully saturated rings. The standard InChI is InChI=1S/C23H29NO3S/c1-18-7-15-22(16-8-18)28(25,26)24-17-5-4-6-23(24)19(2)9-10-20-11-13-21(27-3)14-12-20/h6-8,11-16,19H,4-5,9-10,17H2,1-3H3/t19-/m1/s1. The summed E-state index contributed by atoms with van der Waals surface area (Å²) in [6, 6.07) is 15.2. The number of hydrogen-bond acceptors (Lipinski definition) is 3. The van der Waals surface area contributed by atoms with Crippen LogP contribution < -0.4 is 4.74 Å². The highest BCUT2D eigenvalue weighted by molar-refractivity contribution is 7.89. The second-order valence-corrected chi connectivity index (χ2v) is 9.31. The fraction of sp³-hybridized carbons (Fsp3) is 0.391. The predicted octanol–water partition coefficient (Wildman–Crippen LogP) is 4.94. The fourth-order valence-corrected chi connectivity index (χ4v) is 5.22. The van der Waals surface area contributed by atoms with Crippen molar-refractivity contribution in [2.75, 3.05) is 13.7 Å². The third-order valence-corrected chi connectivity index (χ3v) is 7.19. The highest BCUT2D eigenvalue weighted by atomic mass is 32.2. The first kappa shape index (κ1) is 20.5. The van der Waals surface area contributed by atoms with Crippen LogP contribution in [0.1, 0.15) is 37.3 Å². The maximum absolute atomic E-state index is 13.2. The van der Waals surface area contributed by atoms with Gasteiger partial charge < -0.3 is 4.74 Å². The first-order valence-electron chi connectivity index (χ1n) is 9.84. The lowest BCUT2D eigenvalue weighted by atomic mass is 9.96. The molecule has 0 aromatic heterocycles. The monoisotopic (exact) mass is 399 g/mol. The van der Waals surface area contributed by atoms with Gasteiger partial charge in [-0.1, -0.05) is 42.8 Å². The third kappa shape index (κ3) is 4.58. The second-order valence-electron chi connectivity index (χ2n) is 7.45. The van der Waals surface area contributed by atoms with E-state index in [9.17, 15) is 8.42 Å². The van der Waals surface area contributed by atoms with Crippen molar-refractivity contribution in [2.24, 2.45) is 5.92 Å². The molecule has 2 aromatic carbocycles. The van der Waals surface area contributed by atoms with E-state index >= 15 is 0 Å². The Morgan fingerprint density at radius 1 is 1.07 bits per heavy atom. The summed E-state index contributed by atoms with van der Waals surface area (Å²) in [5, 5.41) is 0. The molecule has 0 unspecified atom stereocenters. The van der Waals surface area contributed by atoms with Gasteiger partial charge in [0.25, 0.3) is 10.0 Å². The van der Waals surface area contributed by atoms with Crippen molar-refractivity contribution in [3.05, 3.63) is 71.4 Å². The van der Waals surface area contributed by atoms with Crippen LogP contribution in [0.3, 0.4) is 0 Å². The molecule has 1 aliphatic rings. The van der Waals surface area contributed by atoms with E-state index in [0.717, 1.165) is 42.7 Å². The van der Waals surface area contributed by atoms with E-state index in [-0.39, 0.29) is 5.92 Å². The van der Waals surface area contributed by atoms with Crippen LogP contribution in [-0.4, -0.2) is 26.4 Å². The summed E-state index contributed by atoms with van der Waals surface area (Å²) in [5.41, 5.74) is 3.22. The highest BCUT2D eigenvalue weighted by Gasteiger charge is 2.30. The lowest BCUT2D eigenvalue weighted by molar-refractivity contribution is 0.393. The fourth-order valence-electron chi connectivity index (χ4n) is 3.58. The van der Waals surface area contributed by atoms with Crippen molar-refractivity contribution in [3.8, 4) is 5.75 Å². The summed E-state index contributed by atoms with van der Waals surface area (Å²) in [6.45, 7) is 4.64. The van der Waals surface area contributed by atoms with Crippen LogP contribution in [-0.2, 0) is 16.4 Å². The zero-order valence-electron chi connectivity index (χ0n) is 16.9. The van der Waals surface area contributed by atoms with Crippen molar-refractivity contribution in [2.45, 2.75) is 44.4 Å². The molecule has 0 saturated heterocycles. The van der Waals surface area contributed by atoms with E-state index in [1.165, 1.54) is 5.56 Å². The smallest absolute Gasteiger partial charge is 0.264 e. The van der Waals surface area contributed by atoms with Crippen LogP contribution in [0.25, 0.3) is 0 Å². The van der Waals surface area contributed by atoms with Gasteiger partial charge in [-0.3, -0.25) is 4.31 Å². The van der Waals surface area contributed by atoms with Crippen molar-refractivity contribution >= 4 is 10.0 Å². The van der Waals surface area contributed by atoms with Gasteiger partial charge in [-0.25, -0.2) is 8.42 Å². The average Bonchev–Trinajstić information content (AvgIpc) is 2.72. The minimum Gasteiger partial charge on any atom is -0.497 e. The number of hydrogen-bond donors (Lipinski definition) is 0. The number of aryl methyl sites for hydroxylation is 2. The molecule has 3 rings (SSSR count). The number of rotatable bonds is 7. The lowest BCUT2D eigenvalue weighted by Gasteiger charge is -2.33. The minimum atomic E-state index is -3.52. The van der Waals surface area contributed by atoms with Crippen LogP contribution in [0.2, 0.25) is 0 Å². The Morgan fingerprint density at radius 2 is 1.75 bits per heavy atom. The van der Waals surface area contributed by atoms with E-state index in [1.54, 1.807) is 23.5 Å². The summed E-state index contributed by atoms with van der Waals surface area (Å²) >= 11 is 0. The molecule has 28 heavy (non-hydrogen) atoms. The number of ether oxygens (including phenoxy) is 1. The molecule has 0 N–H and O–H groups in total. The summed E-state index contributed by atoms with van der Waals surface area (Å²) in [5.74, 6) is 1.02. The van der Waals surface area contributed by atoms with Crippen LogP contribution in [0.15, 0.2) is 65.2 Å². The Hall–Kier alpha value is -2.27. The summed E-state index contributed by atoms with van der Waals surface area (Å²) < 4.78 is 33.3. The van der Waals surface area contributed by atoms with Gasteiger partial charge in [-0.05, 0) is 68.4 Å². The molecular weight excluding hydrogens is 370 g/mol. The van der Waals surface area contributed by atoms with Crippen molar-refractivity contribution in [3.63, 3.8) is 0 Å².